The highest BCUT2D eigenvalue weighted by Gasteiger charge is 2.20. The molecule has 0 aliphatic rings. The van der Waals surface area contributed by atoms with Gasteiger partial charge in [-0.15, -0.1) is 0 Å². The second kappa shape index (κ2) is 14.1. The molecule has 0 spiro atoms. The molecule has 0 unspecified atom stereocenters. The van der Waals surface area contributed by atoms with E-state index in [2.05, 4.69) is 240 Å². The molecule has 2 heteroatoms. The van der Waals surface area contributed by atoms with Crippen LogP contribution in [0.3, 0.4) is 0 Å². The minimum Gasteiger partial charge on any atom is -0.315 e. The predicted octanol–water partition coefficient (Wildman–Crippen LogP) is 15.5. The van der Waals surface area contributed by atoms with Gasteiger partial charge in [0.15, 0.2) is 0 Å². The van der Waals surface area contributed by atoms with Gasteiger partial charge >= 0.3 is 0 Å². The van der Waals surface area contributed by atoms with Gasteiger partial charge in [-0.1, -0.05) is 188 Å². The summed E-state index contributed by atoms with van der Waals surface area (Å²) in [6.07, 6.45) is 2.24. The van der Waals surface area contributed by atoms with Crippen molar-refractivity contribution in [2.24, 2.45) is 0 Å². The zero-order valence-electron chi connectivity index (χ0n) is 31.8. The fourth-order valence-electron chi connectivity index (χ4n) is 8.83. The van der Waals surface area contributed by atoms with E-state index in [0.29, 0.717) is 0 Å². The Labute approximate surface area is 338 Å². The Morgan fingerprint density at radius 3 is 1.41 bits per heavy atom. The lowest BCUT2D eigenvalue weighted by Gasteiger charge is -2.27. The van der Waals surface area contributed by atoms with Crippen LogP contribution in [0, 0.1) is 0 Å². The standard InChI is InChI=1S/C56H38N2/c1-3-13-39(14-4-1)41-29-33-47(34-30-41)58(53-24-11-19-43-15-7-9-20-49(43)53)48-35-31-42(32-36-48)40-25-27-45(28-26-40)50-22-12-23-52-54(46-17-5-2-6-18-46)56-51-21-10-8-16-44(51)37-38-57(56)55(50)52/h1-38H. The molecule has 0 aliphatic heterocycles. The third-order valence-electron chi connectivity index (χ3n) is 11.6. The Morgan fingerprint density at radius 1 is 0.293 bits per heavy atom. The summed E-state index contributed by atoms with van der Waals surface area (Å²) in [7, 11) is 0. The smallest absolute Gasteiger partial charge is 0.0619 e. The quantitative estimate of drug-likeness (QED) is 0.158. The van der Waals surface area contributed by atoms with E-state index in [4.69, 9.17) is 0 Å². The van der Waals surface area contributed by atoms with Crippen molar-refractivity contribution < 1.29 is 0 Å². The molecule has 2 aromatic heterocycles. The van der Waals surface area contributed by atoms with Gasteiger partial charge in [0.05, 0.1) is 16.7 Å². The van der Waals surface area contributed by atoms with Crippen molar-refractivity contribution in [1.29, 1.82) is 0 Å². The number of anilines is 3. The SMILES string of the molecule is c1ccc(-c2ccc(N(c3ccc(-c4ccc(-c5cccc6c(-c7ccccc7)c7c8ccccc8ccn7c56)cc4)cc3)c3cccc4ccccc34)cc2)cc1. The predicted molar refractivity (Wildman–Crippen MR) is 246 cm³/mol. The number of pyridine rings is 1. The second-order valence-corrected chi connectivity index (χ2v) is 14.9. The topological polar surface area (TPSA) is 7.65 Å². The van der Waals surface area contributed by atoms with E-state index < -0.39 is 0 Å². The number of rotatable bonds is 7. The summed E-state index contributed by atoms with van der Waals surface area (Å²) < 4.78 is 2.40. The van der Waals surface area contributed by atoms with Gasteiger partial charge < -0.3 is 9.30 Å². The summed E-state index contributed by atoms with van der Waals surface area (Å²) in [6.45, 7) is 0. The van der Waals surface area contributed by atoms with Crippen LogP contribution >= 0.6 is 0 Å². The molecule has 11 rings (SSSR count). The molecule has 0 aliphatic carbocycles. The van der Waals surface area contributed by atoms with Gasteiger partial charge in [0.2, 0.25) is 0 Å². The molecule has 11 aromatic rings. The fraction of sp³-hybridized carbons (Fsp3) is 0. The highest BCUT2D eigenvalue weighted by Crippen LogP contribution is 2.43. The van der Waals surface area contributed by atoms with E-state index >= 15 is 0 Å². The fourth-order valence-corrected chi connectivity index (χ4v) is 8.83. The van der Waals surface area contributed by atoms with E-state index in [1.54, 1.807) is 0 Å². The number of para-hydroxylation sites is 1. The Bertz CT molecular complexity index is 3230. The average Bonchev–Trinajstić information content (AvgIpc) is 3.66. The Balaban J connectivity index is 0.977. The molecular weight excluding hydrogens is 701 g/mol. The molecule has 2 heterocycles. The maximum atomic E-state index is 2.40. The third-order valence-corrected chi connectivity index (χ3v) is 11.6. The molecule has 0 atom stereocenters. The molecule has 0 amide bonds. The molecule has 0 bridgehead atoms. The van der Waals surface area contributed by atoms with Crippen LogP contribution in [-0.4, -0.2) is 4.40 Å². The number of hydrogen-bond donors (Lipinski definition) is 0. The number of nitrogens with zero attached hydrogens (tertiary/aromatic N) is 2. The molecular formula is C56H38N2. The number of benzene rings is 9. The molecule has 9 aromatic carbocycles. The molecule has 0 saturated carbocycles. The molecule has 272 valence electrons. The number of hydrogen-bond acceptors (Lipinski definition) is 1. The van der Waals surface area contributed by atoms with Gasteiger partial charge in [-0.3, -0.25) is 0 Å². The largest absolute Gasteiger partial charge is 0.315 e. The molecule has 58 heavy (non-hydrogen) atoms. The van der Waals surface area contributed by atoms with Gasteiger partial charge in [0.25, 0.3) is 0 Å². The third kappa shape index (κ3) is 5.74. The minimum atomic E-state index is 1.11. The van der Waals surface area contributed by atoms with Crippen molar-refractivity contribution >= 4 is 55.0 Å². The Kier molecular flexibility index (Phi) is 8.19. The van der Waals surface area contributed by atoms with Crippen molar-refractivity contribution in [3.63, 3.8) is 0 Å². The zero-order chi connectivity index (χ0) is 38.4. The van der Waals surface area contributed by atoms with Gasteiger partial charge in [0.1, 0.15) is 0 Å². The first-order chi connectivity index (χ1) is 28.8. The number of fused-ring (bicyclic) bond motifs is 6. The van der Waals surface area contributed by atoms with Gasteiger partial charge in [-0.2, -0.15) is 0 Å². The van der Waals surface area contributed by atoms with Crippen molar-refractivity contribution in [3.05, 3.63) is 231 Å². The lowest BCUT2D eigenvalue weighted by molar-refractivity contribution is 1.27. The van der Waals surface area contributed by atoms with Crippen LogP contribution in [0.1, 0.15) is 0 Å². The number of aromatic nitrogens is 1. The van der Waals surface area contributed by atoms with E-state index in [1.807, 2.05) is 0 Å². The Hall–Kier alpha value is -7.68. The van der Waals surface area contributed by atoms with E-state index in [9.17, 15) is 0 Å². The maximum absolute atomic E-state index is 2.40. The lowest BCUT2D eigenvalue weighted by Crippen LogP contribution is -2.10. The van der Waals surface area contributed by atoms with Gasteiger partial charge in [0, 0.05) is 44.9 Å². The van der Waals surface area contributed by atoms with Crippen molar-refractivity contribution in [2.45, 2.75) is 0 Å². The van der Waals surface area contributed by atoms with E-state index in [-0.39, 0.29) is 0 Å². The van der Waals surface area contributed by atoms with Gasteiger partial charge in [-0.05, 0) is 80.6 Å². The molecule has 2 nitrogen and oxygen atoms in total. The van der Waals surface area contributed by atoms with Crippen molar-refractivity contribution in [1.82, 2.24) is 4.40 Å². The highest BCUT2D eigenvalue weighted by atomic mass is 15.1. The monoisotopic (exact) mass is 738 g/mol. The van der Waals surface area contributed by atoms with Crippen LogP contribution in [0.4, 0.5) is 17.1 Å². The van der Waals surface area contributed by atoms with Crippen LogP contribution in [0.2, 0.25) is 0 Å². The van der Waals surface area contributed by atoms with Crippen molar-refractivity contribution in [2.75, 3.05) is 4.90 Å². The summed E-state index contributed by atoms with van der Waals surface area (Å²) in [5.74, 6) is 0. The van der Waals surface area contributed by atoms with Crippen LogP contribution in [0.15, 0.2) is 231 Å². The first kappa shape index (κ1) is 33.6. The first-order valence-corrected chi connectivity index (χ1v) is 19.9. The van der Waals surface area contributed by atoms with Crippen LogP contribution < -0.4 is 4.90 Å². The van der Waals surface area contributed by atoms with E-state index in [1.165, 1.54) is 82.5 Å². The summed E-state index contributed by atoms with van der Waals surface area (Å²) in [6, 6.07) is 81.3. The van der Waals surface area contributed by atoms with Gasteiger partial charge in [-0.25, -0.2) is 0 Å². The van der Waals surface area contributed by atoms with Crippen LogP contribution in [0.25, 0.3) is 82.5 Å². The zero-order valence-corrected chi connectivity index (χ0v) is 31.8. The minimum absolute atomic E-state index is 1.11. The summed E-state index contributed by atoms with van der Waals surface area (Å²) >= 11 is 0. The van der Waals surface area contributed by atoms with Crippen molar-refractivity contribution in [3.8, 4) is 44.5 Å². The highest BCUT2D eigenvalue weighted by molar-refractivity contribution is 6.17. The van der Waals surface area contributed by atoms with E-state index in [0.717, 1.165) is 17.1 Å². The molecule has 0 saturated heterocycles. The lowest BCUT2D eigenvalue weighted by atomic mass is 9.96. The second-order valence-electron chi connectivity index (χ2n) is 14.9. The average molecular weight is 739 g/mol. The Morgan fingerprint density at radius 2 is 0.759 bits per heavy atom. The molecule has 0 fully saturated rings. The normalized spacial score (nSPS) is 11.4. The summed E-state index contributed by atoms with van der Waals surface area (Å²) in [5, 5.41) is 6.19. The van der Waals surface area contributed by atoms with Crippen LogP contribution in [-0.2, 0) is 0 Å². The summed E-state index contributed by atoms with van der Waals surface area (Å²) in [4.78, 5) is 2.37. The summed E-state index contributed by atoms with van der Waals surface area (Å²) in [5.41, 5.74) is 15.5. The molecule has 0 radical (unpaired) electrons. The molecule has 0 N–H and O–H groups in total. The van der Waals surface area contributed by atoms with Crippen LogP contribution in [0.5, 0.6) is 0 Å². The maximum Gasteiger partial charge on any atom is 0.0619 e. The first-order valence-electron chi connectivity index (χ1n) is 19.9.